The van der Waals surface area contributed by atoms with Gasteiger partial charge in [-0.3, -0.25) is 20.2 Å². The zero-order valence-corrected chi connectivity index (χ0v) is 14.4. The summed E-state index contributed by atoms with van der Waals surface area (Å²) < 4.78 is 0. The third-order valence-electron chi connectivity index (χ3n) is 3.40. The summed E-state index contributed by atoms with van der Waals surface area (Å²) in [7, 11) is 0. The molecular weight excluding hydrogens is 362 g/mol. The molecule has 0 aliphatic rings. The Hall–Kier alpha value is -2.77. The monoisotopic (exact) mass is 373 g/mol. The van der Waals surface area contributed by atoms with E-state index >= 15 is 0 Å². The topological polar surface area (TPSA) is 85.1 Å². The summed E-state index contributed by atoms with van der Waals surface area (Å²) in [5.41, 5.74) is 0.731. The van der Waals surface area contributed by atoms with Crippen LogP contribution in [0.5, 0.6) is 0 Å². The number of carbonyl (C=O) groups is 1. The van der Waals surface area contributed by atoms with Gasteiger partial charge in [0, 0.05) is 28.6 Å². The maximum atomic E-state index is 12.4. The van der Waals surface area contributed by atoms with Gasteiger partial charge in [-0.1, -0.05) is 41.9 Å². The third kappa shape index (κ3) is 4.20. The number of aromatic nitrogens is 1. The Morgan fingerprint density at radius 1 is 1.24 bits per heavy atom. The largest absolute Gasteiger partial charge is 0.298 e. The molecule has 6 nitrogen and oxygen atoms in total. The van der Waals surface area contributed by atoms with Crippen molar-refractivity contribution in [3.63, 3.8) is 0 Å². The van der Waals surface area contributed by atoms with Crippen molar-refractivity contribution in [2.24, 2.45) is 0 Å². The highest BCUT2D eigenvalue weighted by Crippen LogP contribution is 2.26. The van der Waals surface area contributed by atoms with Gasteiger partial charge in [0.05, 0.1) is 4.92 Å². The van der Waals surface area contributed by atoms with Gasteiger partial charge in [0.2, 0.25) is 0 Å². The molecule has 0 spiro atoms. The first kappa shape index (κ1) is 17.1. The lowest BCUT2D eigenvalue weighted by molar-refractivity contribution is -0.385. The average Bonchev–Trinajstić information content (AvgIpc) is 3.02. The van der Waals surface area contributed by atoms with E-state index in [1.165, 1.54) is 29.5 Å². The number of rotatable bonds is 5. The first-order valence-electron chi connectivity index (χ1n) is 7.27. The van der Waals surface area contributed by atoms with Crippen LogP contribution >= 0.6 is 22.9 Å². The standard InChI is InChI=1S/C17H12ClN3O3S/c18-12-6-7-15(21(23)24)14(9-12)16(22)20-17-19-10-13(25-17)8-11-4-2-1-3-5-11/h1-7,9-10H,8H2,(H,19,20,22). The molecule has 0 bridgehead atoms. The minimum Gasteiger partial charge on any atom is -0.298 e. The van der Waals surface area contributed by atoms with Crippen LogP contribution in [0.3, 0.4) is 0 Å². The van der Waals surface area contributed by atoms with Crippen molar-refractivity contribution >= 4 is 39.7 Å². The van der Waals surface area contributed by atoms with Crippen molar-refractivity contribution in [2.75, 3.05) is 5.32 Å². The van der Waals surface area contributed by atoms with Gasteiger partial charge in [0.25, 0.3) is 11.6 Å². The Morgan fingerprint density at radius 3 is 2.72 bits per heavy atom. The molecule has 0 atom stereocenters. The summed E-state index contributed by atoms with van der Waals surface area (Å²) in [6, 6.07) is 13.7. The predicted molar refractivity (Wildman–Crippen MR) is 97.4 cm³/mol. The van der Waals surface area contributed by atoms with Crippen LogP contribution < -0.4 is 5.32 Å². The second kappa shape index (κ2) is 7.42. The molecule has 0 unspecified atom stereocenters. The van der Waals surface area contributed by atoms with Crippen LogP contribution in [-0.2, 0) is 6.42 Å². The Bertz CT molecular complexity index is 928. The van der Waals surface area contributed by atoms with E-state index in [2.05, 4.69) is 10.3 Å². The number of hydrogen-bond acceptors (Lipinski definition) is 5. The number of anilines is 1. The lowest BCUT2D eigenvalue weighted by atomic mass is 10.1. The quantitative estimate of drug-likeness (QED) is 0.525. The summed E-state index contributed by atoms with van der Waals surface area (Å²) in [5, 5.41) is 14.3. The minimum absolute atomic E-state index is 0.0997. The molecule has 0 saturated carbocycles. The number of thiazole rings is 1. The van der Waals surface area contributed by atoms with E-state index in [9.17, 15) is 14.9 Å². The molecule has 0 radical (unpaired) electrons. The zero-order valence-electron chi connectivity index (χ0n) is 12.8. The van der Waals surface area contributed by atoms with Crippen LogP contribution in [-0.4, -0.2) is 15.8 Å². The number of nitrogens with zero attached hydrogens (tertiary/aromatic N) is 2. The Balaban J connectivity index is 1.76. The Labute approximate surface area is 152 Å². The number of halogens is 1. The first-order valence-corrected chi connectivity index (χ1v) is 8.46. The van der Waals surface area contributed by atoms with Gasteiger partial charge >= 0.3 is 0 Å². The molecule has 0 fully saturated rings. The lowest BCUT2D eigenvalue weighted by Crippen LogP contribution is -2.13. The van der Waals surface area contributed by atoms with E-state index < -0.39 is 10.8 Å². The first-order chi connectivity index (χ1) is 12.0. The molecule has 1 heterocycles. The van der Waals surface area contributed by atoms with Crippen LogP contribution in [0.15, 0.2) is 54.7 Å². The highest BCUT2D eigenvalue weighted by Gasteiger charge is 2.21. The number of nitrogens with one attached hydrogen (secondary N) is 1. The van der Waals surface area contributed by atoms with Crippen LogP contribution in [0.2, 0.25) is 5.02 Å². The fraction of sp³-hybridized carbons (Fsp3) is 0.0588. The van der Waals surface area contributed by atoms with Crippen molar-refractivity contribution in [1.82, 2.24) is 4.98 Å². The summed E-state index contributed by atoms with van der Waals surface area (Å²) >= 11 is 7.17. The second-order valence-corrected chi connectivity index (χ2v) is 6.72. The van der Waals surface area contributed by atoms with Gasteiger partial charge in [-0.2, -0.15) is 0 Å². The van der Waals surface area contributed by atoms with Gasteiger partial charge in [-0.25, -0.2) is 4.98 Å². The molecule has 1 aromatic heterocycles. The Morgan fingerprint density at radius 2 is 2.00 bits per heavy atom. The van der Waals surface area contributed by atoms with E-state index in [4.69, 9.17) is 11.6 Å². The van der Waals surface area contributed by atoms with Crippen molar-refractivity contribution in [3.05, 3.63) is 85.9 Å². The second-order valence-electron chi connectivity index (χ2n) is 5.17. The molecule has 2 aromatic carbocycles. The number of benzene rings is 2. The SMILES string of the molecule is O=C(Nc1ncc(Cc2ccccc2)s1)c1cc(Cl)ccc1[N+](=O)[O-]. The van der Waals surface area contributed by atoms with Gasteiger partial charge in [-0.15, -0.1) is 11.3 Å². The molecule has 1 N–H and O–H groups in total. The van der Waals surface area contributed by atoms with Crippen molar-refractivity contribution in [2.45, 2.75) is 6.42 Å². The summed E-state index contributed by atoms with van der Waals surface area (Å²) in [4.78, 5) is 27.9. The molecule has 0 aliphatic carbocycles. The maximum absolute atomic E-state index is 12.4. The molecular formula is C17H12ClN3O3S. The van der Waals surface area contributed by atoms with E-state index in [-0.39, 0.29) is 16.3 Å². The predicted octanol–water partition coefficient (Wildman–Crippen LogP) is 4.55. The minimum atomic E-state index is -0.617. The van der Waals surface area contributed by atoms with Gasteiger partial charge in [-0.05, 0) is 17.7 Å². The van der Waals surface area contributed by atoms with E-state index in [0.29, 0.717) is 11.6 Å². The third-order valence-corrected chi connectivity index (χ3v) is 4.54. The average molecular weight is 374 g/mol. The molecule has 1 amide bonds. The maximum Gasteiger partial charge on any atom is 0.282 e. The van der Waals surface area contributed by atoms with Crippen molar-refractivity contribution < 1.29 is 9.72 Å². The van der Waals surface area contributed by atoms with E-state index in [1.807, 2.05) is 30.3 Å². The van der Waals surface area contributed by atoms with Crippen molar-refractivity contribution in [1.29, 1.82) is 0 Å². The molecule has 126 valence electrons. The summed E-state index contributed by atoms with van der Waals surface area (Å²) in [6.45, 7) is 0. The van der Waals surface area contributed by atoms with Crippen molar-refractivity contribution in [3.8, 4) is 0 Å². The van der Waals surface area contributed by atoms with E-state index in [0.717, 1.165) is 10.4 Å². The zero-order chi connectivity index (χ0) is 17.8. The van der Waals surface area contributed by atoms with Gasteiger partial charge < -0.3 is 0 Å². The van der Waals surface area contributed by atoms with Gasteiger partial charge in [0.15, 0.2) is 5.13 Å². The number of hydrogen-bond donors (Lipinski definition) is 1. The molecule has 8 heteroatoms. The van der Waals surface area contributed by atoms with E-state index in [1.54, 1.807) is 6.20 Å². The molecule has 25 heavy (non-hydrogen) atoms. The number of nitro benzene ring substituents is 1. The molecule has 0 aliphatic heterocycles. The lowest BCUT2D eigenvalue weighted by Gasteiger charge is -2.03. The van der Waals surface area contributed by atoms with Gasteiger partial charge in [0.1, 0.15) is 5.56 Å². The fourth-order valence-corrected chi connectivity index (χ4v) is 3.27. The highest BCUT2D eigenvalue weighted by molar-refractivity contribution is 7.15. The Kier molecular flexibility index (Phi) is 5.06. The van der Waals surface area contributed by atoms with Crippen LogP contribution in [0.25, 0.3) is 0 Å². The van der Waals surface area contributed by atoms with Crippen LogP contribution in [0, 0.1) is 10.1 Å². The molecule has 3 rings (SSSR count). The number of nitro groups is 1. The van der Waals surface area contributed by atoms with Crippen LogP contribution in [0.1, 0.15) is 20.8 Å². The smallest absolute Gasteiger partial charge is 0.282 e. The number of carbonyl (C=O) groups excluding carboxylic acids is 1. The number of amides is 1. The summed E-state index contributed by atoms with van der Waals surface area (Å²) in [6.07, 6.45) is 2.38. The van der Waals surface area contributed by atoms with Crippen LogP contribution in [0.4, 0.5) is 10.8 Å². The molecule has 3 aromatic rings. The summed E-state index contributed by atoms with van der Waals surface area (Å²) in [5.74, 6) is -0.616. The molecule has 0 saturated heterocycles. The highest BCUT2D eigenvalue weighted by atomic mass is 35.5. The fourth-order valence-electron chi connectivity index (χ4n) is 2.26. The normalized spacial score (nSPS) is 10.4.